The van der Waals surface area contributed by atoms with Gasteiger partial charge in [0.1, 0.15) is 0 Å². The Morgan fingerprint density at radius 2 is 2.11 bits per heavy atom. The second kappa shape index (κ2) is 6.33. The predicted octanol–water partition coefficient (Wildman–Crippen LogP) is 4.23. The van der Waals surface area contributed by atoms with Crippen molar-refractivity contribution in [3.63, 3.8) is 0 Å². The molecule has 0 radical (unpaired) electrons. The van der Waals surface area contributed by atoms with Gasteiger partial charge >= 0.3 is 5.51 Å². The lowest BCUT2D eigenvalue weighted by atomic mass is 10.2. The van der Waals surface area contributed by atoms with Crippen molar-refractivity contribution in [3.05, 3.63) is 28.8 Å². The minimum Gasteiger partial charge on any atom is -0.326 e. The topological polar surface area (TPSA) is 29.1 Å². The van der Waals surface area contributed by atoms with Crippen LogP contribution < -0.4 is 5.32 Å². The molecule has 1 rings (SSSR count). The molecule has 2 nitrogen and oxygen atoms in total. The van der Waals surface area contributed by atoms with Gasteiger partial charge in [0, 0.05) is 22.9 Å². The number of halogens is 4. The maximum atomic E-state index is 11.9. The quantitative estimate of drug-likeness (QED) is 0.901. The molecular weight excluding hydrogens is 287 g/mol. The first-order valence-electron chi connectivity index (χ1n) is 5.05. The normalized spacial score (nSPS) is 11.4. The van der Waals surface area contributed by atoms with Crippen LogP contribution in [0.25, 0.3) is 0 Å². The molecule has 18 heavy (non-hydrogen) atoms. The third-order valence-electron chi connectivity index (χ3n) is 2.14. The second-order valence-corrected chi connectivity index (χ2v) is 5.07. The van der Waals surface area contributed by atoms with Crippen molar-refractivity contribution in [2.45, 2.75) is 18.9 Å². The van der Waals surface area contributed by atoms with E-state index in [0.717, 1.165) is 0 Å². The Bertz CT molecular complexity index is 437. The van der Waals surface area contributed by atoms with Crippen LogP contribution in [0.1, 0.15) is 12.0 Å². The number of hydrogen-bond acceptors (Lipinski definition) is 2. The predicted molar refractivity (Wildman–Crippen MR) is 67.9 cm³/mol. The standard InChI is InChI=1S/C11H11ClF3NOS/c1-7-8(12)3-2-4-9(7)16-10(17)5-6-18-11(13,14)15/h2-4H,5-6H2,1H3,(H,16,17). The van der Waals surface area contributed by atoms with Crippen molar-refractivity contribution in [1.82, 2.24) is 0 Å². The Morgan fingerprint density at radius 3 is 2.72 bits per heavy atom. The van der Waals surface area contributed by atoms with E-state index in [2.05, 4.69) is 5.32 Å². The number of rotatable bonds is 4. The maximum Gasteiger partial charge on any atom is 0.441 e. The van der Waals surface area contributed by atoms with Crippen LogP contribution >= 0.6 is 23.4 Å². The van der Waals surface area contributed by atoms with Crippen LogP contribution in [0.5, 0.6) is 0 Å². The molecule has 0 heterocycles. The summed E-state index contributed by atoms with van der Waals surface area (Å²) in [7, 11) is 0. The molecule has 0 aromatic heterocycles. The number of amides is 1. The number of anilines is 1. The summed E-state index contributed by atoms with van der Waals surface area (Å²) in [5, 5.41) is 3.03. The summed E-state index contributed by atoms with van der Waals surface area (Å²) in [6, 6.07) is 4.98. The molecule has 0 aliphatic heterocycles. The van der Waals surface area contributed by atoms with Gasteiger partial charge in [-0.2, -0.15) is 13.2 Å². The zero-order chi connectivity index (χ0) is 13.8. The Kier molecular flexibility index (Phi) is 5.34. The van der Waals surface area contributed by atoms with Crippen LogP contribution in [0.4, 0.5) is 18.9 Å². The van der Waals surface area contributed by atoms with Gasteiger partial charge < -0.3 is 5.32 Å². The zero-order valence-electron chi connectivity index (χ0n) is 9.47. The first kappa shape index (κ1) is 15.2. The van der Waals surface area contributed by atoms with Gasteiger partial charge in [-0.15, -0.1) is 0 Å². The molecule has 0 atom stereocenters. The number of hydrogen-bond donors (Lipinski definition) is 1. The van der Waals surface area contributed by atoms with Crippen LogP contribution in [-0.4, -0.2) is 17.2 Å². The van der Waals surface area contributed by atoms with Crippen molar-refractivity contribution in [3.8, 4) is 0 Å². The number of carbonyl (C=O) groups excluding carboxylic acids is 1. The van der Waals surface area contributed by atoms with Crippen LogP contribution in [0.15, 0.2) is 18.2 Å². The van der Waals surface area contributed by atoms with Gasteiger partial charge in [0.15, 0.2) is 0 Å². The highest BCUT2D eigenvalue weighted by molar-refractivity contribution is 8.00. The molecule has 1 N–H and O–H groups in total. The largest absolute Gasteiger partial charge is 0.441 e. The van der Waals surface area contributed by atoms with Crippen molar-refractivity contribution in [1.29, 1.82) is 0 Å². The Morgan fingerprint density at radius 1 is 1.44 bits per heavy atom. The van der Waals surface area contributed by atoms with Crippen molar-refractivity contribution < 1.29 is 18.0 Å². The lowest BCUT2D eigenvalue weighted by Crippen LogP contribution is -2.14. The van der Waals surface area contributed by atoms with Crippen molar-refractivity contribution in [2.75, 3.05) is 11.1 Å². The summed E-state index contributed by atoms with van der Waals surface area (Å²) in [5.74, 6) is -0.758. The average Bonchev–Trinajstić information content (AvgIpc) is 2.23. The molecule has 0 unspecified atom stereocenters. The zero-order valence-corrected chi connectivity index (χ0v) is 11.0. The number of carbonyl (C=O) groups is 1. The first-order valence-corrected chi connectivity index (χ1v) is 6.41. The Balaban J connectivity index is 2.48. The SMILES string of the molecule is Cc1c(Cl)cccc1NC(=O)CCSC(F)(F)F. The molecule has 0 bridgehead atoms. The number of nitrogens with one attached hydrogen (secondary N) is 1. The molecule has 0 aliphatic carbocycles. The molecule has 1 aromatic rings. The highest BCUT2D eigenvalue weighted by atomic mass is 35.5. The van der Waals surface area contributed by atoms with E-state index in [1.807, 2.05) is 0 Å². The lowest BCUT2D eigenvalue weighted by Gasteiger charge is -2.09. The molecule has 0 fully saturated rings. The minimum atomic E-state index is -4.30. The number of benzene rings is 1. The second-order valence-electron chi connectivity index (χ2n) is 3.50. The Labute approximate surface area is 112 Å². The Hall–Kier alpha value is -0.880. The van der Waals surface area contributed by atoms with Crippen LogP contribution in [-0.2, 0) is 4.79 Å². The molecule has 7 heteroatoms. The van der Waals surface area contributed by atoms with Gasteiger partial charge in [-0.25, -0.2) is 0 Å². The minimum absolute atomic E-state index is 0.198. The van der Waals surface area contributed by atoms with Gasteiger partial charge in [0.25, 0.3) is 0 Å². The van der Waals surface area contributed by atoms with E-state index in [1.54, 1.807) is 25.1 Å². The van der Waals surface area contributed by atoms with E-state index in [-0.39, 0.29) is 23.9 Å². The summed E-state index contributed by atoms with van der Waals surface area (Å²) in [4.78, 5) is 11.4. The van der Waals surface area contributed by atoms with Gasteiger partial charge in [-0.05, 0) is 24.6 Å². The van der Waals surface area contributed by atoms with Gasteiger partial charge in [0.05, 0.1) is 0 Å². The molecule has 0 saturated heterocycles. The molecule has 100 valence electrons. The summed E-state index contributed by atoms with van der Waals surface area (Å²) < 4.78 is 35.6. The molecule has 0 saturated carbocycles. The van der Waals surface area contributed by atoms with E-state index in [4.69, 9.17) is 11.6 Å². The van der Waals surface area contributed by atoms with E-state index < -0.39 is 11.4 Å². The highest BCUT2D eigenvalue weighted by Crippen LogP contribution is 2.30. The van der Waals surface area contributed by atoms with E-state index >= 15 is 0 Å². The average molecular weight is 298 g/mol. The third kappa shape index (κ3) is 5.18. The van der Waals surface area contributed by atoms with E-state index in [0.29, 0.717) is 16.3 Å². The maximum absolute atomic E-state index is 11.9. The summed E-state index contributed by atoms with van der Waals surface area (Å²) in [5.41, 5.74) is -3.09. The first-order chi connectivity index (χ1) is 8.29. The van der Waals surface area contributed by atoms with E-state index in [9.17, 15) is 18.0 Å². The summed E-state index contributed by atoms with van der Waals surface area (Å²) in [6.45, 7) is 1.72. The van der Waals surface area contributed by atoms with Crippen LogP contribution in [0, 0.1) is 6.92 Å². The highest BCUT2D eigenvalue weighted by Gasteiger charge is 2.27. The van der Waals surface area contributed by atoms with Gasteiger partial charge in [-0.3, -0.25) is 4.79 Å². The van der Waals surface area contributed by atoms with Crippen molar-refractivity contribution >= 4 is 35.0 Å². The summed E-state index contributed by atoms with van der Waals surface area (Å²) in [6.07, 6.45) is -0.198. The molecule has 0 aliphatic rings. The van der Waals surface area contributed by atoms with Crippen molar-refractivity contribution in [2.24, 2.45) is 0 Å². The van der Waals surface area contributed by atoms with Gasteiger partial charge in [-0.1, -0.05) is 29.4 Å². The fraction of sp³-hybridized carbons (Fsp3) is 0.364. The number of alkyl halides is 3. The molecular formula is C11H11ClF3NOS. The monoisotopic (exact) mass is 297 g/mol. The smallest absolute Gasteiger partial charge is 0.326 e. The molecule has 1 amide bonds. The van der Waals surface area contributed by atoms with E-state index in [1.165, 1.54) is 0 Å². The fourth-order valence-electron chi connectivity index (χ4n) is 1.22. The lowest BCUT2D eigenvalue weighted by molar-refractivity contribution is -0.115. The third-order valence-corrected chi connectivity index (χ3v) is 3.28. The van der Waals surface area contributed by atoms with Gasteiger partial charge in [0.2, 0.25) is 5.91 Å². The summed E-state index contributed by atoms with van der Waals surface area (Å²) >= 11 is 5.65. The molecule has 1 aromatic carbocycles. The van der Waals surface area contributed by atoms with Crippen LogP contribution in [0.3, 0.4) is 0 Å². The number of thioether (sulfide) groups is 1. The van der Waals surface area contributed by atoms with Crippen LogP contribution in [0.2, 0.25) is 5.02 Å². The molecule has 0 spiro atoms. The fourth-order valence-corrected chi connectivity index (χ4v) is 1.91.